The summed E-state index contributed by atoms with van der Waals surface area (Å²) in [6, 6.07) is 0.233. The molecule has 0 aromatic carbocycles. The highest BCUT2D eigenvalue weighted by atomic mass is 16.2. The van der Waals surface area contributed by atoms with Crippen molar-refractivity contribution in [1.29, 1.82) is 0 Å². The van der Waals surface area contributed by atoms with E-state index in [4.69, 9.17) is 0 Å². The number of carbonyl (C=O) groups is 2. The molecule has 0 radical (unpaired) electrons. The Hall–Kier alpha value is -1.10. The Kier molecular flexibility index (Phi) is 4.13. The average Bonchev–Trinajstić information content (AvgIpc) is 2.25. The van der Waals surface area contributed by atoms with Gasteiger partial charge in [-0.1, -0.05) is 20.8 Å². The lowest BCUT2D eigenvalue weighted by Gasteiger charge is -2.37. The van der Waals surface area contributed by atoms with Crippen molar-refractivity contribution in [2.75, 3.05) is 26.2 Å². The molecule has 108 valence electrons. The molecule has 0 bridgehead atoms. The molecule has 19 heavy (non-hydrogen) atoms. The highest BCUT2D eigenvalue weighted by Gasteiger charge is 2.32. The molecule has 2 aliphatic heterocycles. The minimum Gasteiger partial charge on any atom is -0.353 e. The van der Waals surface area contributed by atoms with Gasteiger partial charge in [0.25, 0.3) is 0 Å². The van der Waals surface area contributed by atoms with Crippen LogP contribution in [0.2, 0.25) is 0 Å². The van der Waals surface area contributed by atoms with E-state index in [1.165, 1.54) is 0 Å². The van der Waals surface area contributed by atoms with Crippen molar-refractivity contribution >= 4 is 11.8 Å². The van der Waals surface area contributed by atoms with E-state index < -0.39 is 0 Å². The zero-order valence-corrected chi connectivity index (χ0v) is 12.2. The van der Waals surface area contributed by atoms with Gasteiger partial charge in [0.15, 0.2) is 0 Å². The predicted octanol–water partition coefficient (Wildman–Crippen LogP) is 0.359. The largest absolute Gasteiger partial charge is 0.353 e. The minimum absolute atomic E-state index is 0.147. The first-order valence-corrected chi connectivity index (χ1v) is 7.18. The van der Waals surface area contributed by atoms with Crippen LogP contribution in [0.1, 0.15) is 33.6 Å². The molecule has 0 unspecified atom stereocenters. The second kappa shape index (κ2) is 5.49. The molecular weight excluding hydrogens is 242 g/mol. The first-order chi connectivity index (χ1) is 8.88. The maximum atomic E-state index is 12.1. The van der Waals surface area contributed by atoms with Crippen LogP contribution in [-0.2, 0) is 9.59 Å². The lowest BCUT2D eigenvalue weighted by atomic mass is 9.92. The Morgan fingerprint density at radius 1 is 1.16 bits per heavy atom. The van der Waals surface area contributed by atoms with E-state index in [9.17, 15) is 9.59 Å². The zero-order valence-electron chi connectivity index (χ0n) is 12.2. The molecule has 2 fully saturated rings. The Bertz CT molecular complexity index is 350. The van der Waals surface area contributed by atoms with Crippen LogP contribution in [0.5, 0.6) is 0 Å². The van der Waals surface area contributed by atoms with Crippen molar-refractivity contribution in [3.8, 4) is 0 Å². The van der Waals surface area contributed by atoms with Gasteiger partial charge in [-0.25, -0.2) is 0 Å². The van der Waals surface area contributed by atoms with Gasteiger partial charge in [-0.15, -0.1) is 0 Å². The van der Waals surface area contributed by atoms with Crippen molar-refractivity contribution in [2.45, 2.75) is 39.7 Å². The van der Waals surface area contributed by atoms with E-state index in [-0.39, 0.29) is 29.2 Å². The maximum absolute atomic E-state index is 12.1. The lowest BCUT2D eigenvalue weighted by Crippen LogP contribution is -2.55. The zero-order chi connectivity index (χ0) is 14.0. The first kappa shape index (κ1) is 14.3. The Morgan fingerprint density at radius 3 is 2.16 bits per heavy atom. The third-order valence-electron chi connectivity index (χ3n) is 3.92. The molecule has 0 aliphatic carbocycles. The number of amides is 2. The quantitative estimate of drug-likeness (QED) is 0.759. The summed E-state index contributed by atoms with van der Waals surface area (Å²) in [5, 5.41) is 6.21. The SMILES string of the molecule is CC(C)(C)C(=O)N1CCC(NC(=O)C2CNC2)CC1. The number of piperidine rings is 1. The Labute approximate surface area is 115 Å². The number of carbonyl (C=O) groups excluding carboxylic acids is 2. The number of nitrogens with zero attached hydrogens (tertiary/aromatic N) is 1. The maximum Gasteiger partial charge on any atom is 0.227 e. The molecule has 0 spiro atoms. The van der Waals surface area contributed by atoms with Crippen LogP contribution in [0, 0.1) is 11.3 Å². The van der Waals surface area contributed by atoms with E-state index in [0.717, 1.165) is 39.0 Å². The number of hydrogen-bond acceptors (Lipinski definition) is 3. The van der Waals surface area contributed by atoms with Gasteiger partial charge in [0, 0.05) is 37.6 Å². The first-order valence-electron chi connectivity index (χ1n) is 7.18. The fourth-order valence-electron chi connectivity index (χ4n) is 2.49. The summed E-state index contributed by atoms with van der Waals surface area (Å²) in [5.41, 5.74) is -0.312. The number of nitrogens with one attached hydrogen (secondary N) is 2. The monoisotopic (exact) mass is 267 g/mol. The van der Waals surface area contributed by atoms with Crippen LogP contribution in [0.15, 0.2) is 0 Å². The third-order valence-corrected chi connectivity index (χ3v) is 3.92. The molecule has 2 rings (SSSR count). The second-order valence-electron chi connectivity index (χ2n) is 6.68. The van der Waals surface area contributed by atoms with Crippen molar-refractivity contribution in [1.82, 2.24) is 15.5 Å². The van der Waals surface area contributed by atoms with E-state index in [1.807, 2.05) is 25.7 Å². The molecule has 2 aliphatic rings. The van der Waals surface area contributed by atoms with Crippen LogP contribution in [0.25, 0.3) is 0 Å². The van der Waals surface area contributed by atoms with Crippen LogP contribution >= 0.6 is 0 Å². The molecule has 5 nitrogen and oxygen atoms in total. The average molecular weight is 267 g/mol. The summed E-state index contributed by atoms with van der Waals surface area (Å²) >= 11 is 0. The van der Waals surface area contributed by atoms with E-state index in [0.29, 0.717) is 0 Å². The van der Waals surface area contributed by atoms with Gasteiger partial charge in [0.2, 0.25) is 11.8 Å². The van der Waals surface area contributed by atoms with Gasteiger partial charge in [-0.2, -0.15) is 0 Å². The molecule has 0 aromatic rings. The topological polar surface area (TPSA) is 61.4 Å². The summed E-state index contributed by atoms with van der Waals surface area (Å²) in [5.74, 6) is 0.522. The predicted molar refractivity (Wildman–Crippen MR) is 73.6 cm³/mol. The fraction of sp³-hybridized carbons (Fsp3) is 0.857. The van der Waals surface area contributed by atoms with Crippen molar-refractivity contribution < 1.29 is 9.59 Å². The van der Waals surface area contributed by atoms with E-state index >= 15 is 0 Å². The summed E-state index contributed by atoms with van der Waals surface area (Å²) in [6.45, 7) is 8.96. The molecule has 0 aromatic heterocycles. The fourth-order valence-corrected chi connectivity index (χ4v) is 2.49. The summed E-state index contributed by atoms with van der Waals surface area (Å²) < 4.78 is 0. The Balaban J connectivity index is 1.76. The minimum atomic E-state index is -0.312. The second-order valence-corrected chi connectivity index (χ2v) is 6.68. The molecule has 2 N–H and O–H groups in total. The summed E-state index contributed by atoms with van der Waals surface area (Å²) in [4.78, 5) is 25.9. The molecule has 2 heterocycles. The normalized spacial score (nSPS) is 21.9. The van der Waals surface area contributed by atoms with E-state index in [2.05, 4.69) is 10.6 Å². The van der Waals surface area contributed by atoms with Crippen LogP contribution in [-0.4, -0.2) is 48.9 Å². The standard InChI is InChI=1S/C14H25N3O2/c1-14(2,3)13(19)17-6-4-11(5-7-17)16-12(18)10-8-15-9-10/h10-11,15H,4-9H2,1-3H3,(H,16,18). The van der Waals surface area contributed by atoms with Gasteiger partial charge in [-0.05, 0) is 12.8 Å². The van der Waals surface area contributed by atoms with Gasteiger partial charge in [0.1, 0.15) is 0 Å². The molecule has 0 saturated carbocycles. The van der Waals surface area contributed by atoms with Crippen LogP contribution in [0.3, 0.4) is 0 Å². The van der Waals surface area contributed by atoms with Crippen molar-refractivity contribution in [2.24, 2.45) is 11.3 Å². The molecule has 2 saturated heterocycles. The smallest absolute Gasteiger partial charge is 0.227 e. The summed E-state index contributed by atoms with van der Waals surface area (Å²) in [6.07, 6.45) is 1.74. The molecule has 5 heteroatoms. The summed E-state index contributed by atoms with van der Waals surface area (Å²) in [7, 11) is 0. The number of hydrogen-bond donors (Lipinski definition) is 2. The Morgan fingerprint density at radius 2 is 1.74 bits per heavy atom. The van der Waals surface area contributed by atoms with Gasteiger partial charge >= 0.3 is 0 Å². The highest BCUT2D eigenvalue weighted by molar-refractivity contribution is 5.82. The van der Waals surface area contributed by atoms with Gasteiger partial charge in [-0.3, -0.25) is 9.59 Å². The highest BCUT2D eigenvalue weighted by Crippen LogP contribution is 2.21. The van der Waals surface area contributed by atoms with E-state index in [1.54, 1.807) is 0 Å². The van der Waals surface area contributed by atoms with Gasteiger partial charge < -0.3 is 15.5 Å². The van der Waals surface area contributed by atoms with Crippen molar-refractivity contribution in [3.05, 3.63) is 0 Å². The molecule has 0 atom stereocenters. The third kappa shape index (κ3) is 3.47. The van der Waals surface area contributed by atoms with Gasteiger partial charge in [0.05, 0.1) is 5.92 Å². The van der Waals surface area contributed by atoms with Crippen LogP contribution < -0.4 is 10.6 Å². The number of rotatable bonds is 2. The molecule has 2 amide bonds. The number of likely N-dealkylation sites (tertiary alicyclic amines) is 1. The van der Waals surface area contributed by atoms with Crippen molar-refractivity contribution in [3.63, 3.8) is 0 Å². The van der Waals surface area contributed by atoms with Crippen LogP contribution in [0.4, 0.5) is 0 Å². The molecular formula is C14H25N3O2. The lowest BCUT2D eigenvalue weighted by molar-refractivity contribution is -0.140.